The van der Waals surface area contributed by atoms with E-state index in [1.54, 1.807) is 48.5 Å². The van der Waals surface area contributed by atoms with E-state index in [0.29, 0.717) is 22.1 Å². The number of azo groups is 3. The number of hydrogen-bond acceptors (Lipinski definition) is 15. The fourth-order valence-corrected chi connectivity index (χ4v) is 8.17. The van der Waals surface area contributed by atoms with Gasteiger partial charge in [0.15, 0.2) is 5.75 Å². The summed E-state index contributed by atoms with van der Waals surface area (Å²) in [4.78, 5) is -2.19. The lowest BCUT2D eigenvalue weighted by molar-refractivity contribution is 0.472. The SMILES string of the molecule is Nc1ccc(N=Nc2ccc(-c3ccc(N=Nc4c(S(=O)(=O)O)cc5cc(S(=O)(=O)O)c(N=Nc6cc(Cl)ccc6Cl)c(N)c5c4O)cc3)cc2)c2ccc(S(=O)(=O)O)cc12. The van der Waals surface area contributed by atoms with E-state index < -0.39 is 63.0 Å². The summed E-state index contributed by atoms with van der Waals surface area (Å²) < 4.78 is 103. The van der Waals surface area contributed by atoms with Gasteiger partial charge in [0.2, 0.25) is 0 Å². The van der Waals surface area contributed by atoms with Crippen LogP contribution in [0.15, 0.2) is 155 Å². The molecule has 0 atom stereocenters. The van der Waals surface area contributed by atoms with Crippen molar-refractivity contribution in [2.75, 3.05) is 11.5 Å². The molecular formula is C38H26Cl2N8O10S3. The van der Waals surface area contributed by atoms with Gasteiger partial charge < -0.3 is 16.6 Å². The van der Waals surface area contributed by atoms with Crippen LogP contribution in [0.4, 0.5) is 45.5 Å². The van der Waals surface area contributed by atoms with Crippen LogP contribution in [-0.4, -0.2) is 44.0 Å². The van der Waals surface area contributed by atoms with E-state index in [2.05, 4.69) is 30.7 Å². The van der Waals surface area contributed by atoms with Crippen LogP contribution < -0.4 is 11.5 Å². The summed E-state index contributed by atoms with van der Waals surface area (Å²) in [6, 6.07) is 26.2. The van der Waals surface area contributed by atoms with Crippen molar-refractivity contribution in [2.45, 2.75) is 14.7 Å². The Hall–Kier alpha value is -6.43. The van der Waals surface area contributed by atoms with Gasteiger partial charge in [-0.2, -0.15) is 35.5 Å². The Bertz CT molecular complexity index is 3390. The van der Waals surface area contributed by atoms with Gasteiger partial charge in [0, 0.05) is 21.5 Å². The second-order valence-electron chi connectivity index (χ2n) is 12.9. The Morgan fingerprint density at radius 1 is 0.508 bits per heavy atom. The molecule has 18 nitrogen and oxygen atoms in total. The number of nitrogen functional groups attached to an aromatic ring is 2. The molecule has 8 N–H and O–H groups in total. The predicted octanol–water partition coefficient (Wildman–Crippen LogP) is 10.8. The summed E-state index contributed by atoms with van der Waals surface area (Å²) in [6.07, 6.45) is 0. The average molecular weight is 922 g/mol. The number of nitrogens with zero attached hydrogens (tertiary/aromatic N) is 6. The molecule has 0 aliphatic heterocycles. The summed E-state index contributed by atoms with van der Waals surface area (Å²) in [5.41, 5.74) is 13.1. The van der Waals surface area contributed by atoms with Gasteiger partial charge in [0.25, 0.3) is 30.4 Å². The minimum absolute atomic E-state index is 0.00576. The molecule has 7 aromatic rings. The molecule has 0 heterocycles. The third-order valence-electron chi connectivity index (χ3n) is 8.94. The van der Waals surface area contributed by atoms with Crippen molar-refractivity contribution in [1.29, 1.82) is 0 Å². The molecule has 0 saturated heterocycles. The molecule has 0 aliphatic rings. The van der Waals surface area contributed by atoms with Gasteiger partial charge in [-0.3, -0.25) is 13.7 Å². The molecule has 7 rings (SSSR count). The Balaban J connectivity index is 1.18. The van der Waals surface area contributed by atoms with Crippen LogP contribution in [0.25, 0.3) is 32.7 Å². The Kier molecular flexibility index (Phi) is 11.3. The summed E-state index contributed by atoms with van der Waals surface area (Å²) in [7, 11) is -14.7. The summed E-state index contributed by atoms with van der Waals surface area (Å²) in [5, 5.41) is 36.1. The highest BCUT2D eigenvalue weighted by molar-refractivity contribution is 7.86. The van der Waals surface area contributed by atoms with Gasteiger partial charge >= 0.3 is 0 Å². The average Bonchev–Trinajstić information content (AvgIpc) is 3.20. The minimum Gasteiger partial charge on any atom is -0.505 e. The maximum absolute atomic E-state index is 12.5. The van der Waals surface area contributed by atoms with E-state index in [-0.39, 0.29) is 42.8 Å². The summed E-state index contributed by atoms with van der Waals surface area (Å²) in [6.45, 7) is 0. The van der Waals surface area contributed by atoms with Gasteiger partial charge in [-0.05, 0) is 95.4 Å². The second-order valence-corrected chi connectivity index (χ2v) is 17.9. The van der Waals surface area contributed by atoms with E-state index in [0.717, 1.165) is 23.3 Å². The number of fused-ring (bicyclic) bond motifs is 2. The van der Waals surface area contributed by atoms with Gasteiger partial charge in [0.1, 0.15) is 26.9 Å². The predicted molar refractivity (Wildman–Crippen MR) is 229 cm³/mol. The lowest BCUT2D eigenvalue weighted by Crippen LogP contribution is -2.03. The number of phenols is 1. The maximum atomic E-state index is 12.5. The van der Waals surface area contributed by atoms with Crippen molar-refractivity contribution >= 4 is 121 Å². The fraction of sp³-hybridized carbons (Fsp3) is 0. The highest BCUT2D eigenvalue weighted by Gasteiger charge is 2.28. The van der Waals surface area contributed by atoms with Crippen LogP contribution in [0, 0.1) is 0 Å². The number of halogens is 2. The van der Waals surface area contributed by atoms with Crippen molar-refractivity contribution in [3.05, 3.63) is 119 Å². The monoisotopic (exact) mass is 920 g/mol. The third kappa shape index (κ3) is 9.04. The first-order valence-corrected chi connectivity index (χ1v) is 22.0. The van der Waals surface area contributed by atoms with Gasteiger partial charge in [-0.1, -0.05) is 53.5 Å². The topological polar surface area (TPSA) is 310 Å². The number of aromatic hydroxyl groups is 1. The fourth-order valence-electron chi connectivity index (χ4n) is 6.01. The Morgan fingerprint density at radius 3 is 1.62 bits per heavy atom. The highest BCUT2D eigenvalue weighted by atomic mass is 35.5. The molecule has 0 amide bonds. The largest absolute Gasteiger partial charge is 0.505 e. The molecule has 0 radical (unpaired) electrons. The van der Waals surface area contributed by atoms with Crippen molar-refractivity contribution in [3.8, 4) is 16.9 Å². The first-order valence-electron chi connectivity index (χ1n) is 17.0. The number of hydrogen-bond donors (Lipinski definition) is 6. The van der Waals surface area contributed by atoms with Crippen LogP contribution >= 0.6 is 23.2 Å². The third-order valence-corrected chi connectivity index (χ3v) is 12.1. The number of rotatable bonds is 10. The van der Waals surface area contributed by atoms with Crippen molar-refractivity contribution in [3.63, 3.8) is 0 Å². The lowest BCUT2D eigenvalue weighted by atomic mass is 10.0. The molecular weight excluding hydrogens is 896 g/mol. The lowest BCUT2D eigenvalue weighted by Gasteiger charge is -2.14. The standard InChI is InChI=1S/C38H26Cl2N8O10S3/c39-22-5-12-28(40)31(17-22)46-47-36-32(60(53,54)55)15-21-16-33(61(56,57)58)37(38(49)34(21)35(36)42)48-44-24-8-3-20(4-9-24)19-1-6-23(7-2-19)43-45-30-14-13-29(41)27-18-25(59(50,51)52)10-11-26(27)30/h1-18,49H,41-42H2,(H,50,51,52)(H,53,54,55)(H,56,57,58). The molecule has 0 saturated carbocycles. The Morgan fingerprint density at radius 2 is 1.05 bits per heavy atom. The van der Waals surface area contributed by atoms with E-state index in [4.69, 9.17) is 34.7 Å². The summed E-state index contributed by atoms with van der Waals surface area (Å²) >= 11 is 12.1. The molecule has 0 aromatic heterocycles. The van der Waals surface area contributed by atoms with Gasteiger partial charge in [0.05, 0.1) is 38.1 Å². The zero-order valence-electron chi connectivity index (χ0n) is 30.4. The zero-order valence-corrected chi connectivity index (χ0v) is 34.4. The maximum Gasteiger partial charge on any atom is 0.296 e. The number of nitrogens with two attached hydrogens (primary N) is 2. The summed E-state index contributed by atoms with van der Waals surface area (Å²) in [5.74, 6) is -0.935. The molecule has 310 valence electrons. The number of anilines is 2. The zero-order chi connectivity index (χ0) is 44.0. The molecule has 0 fully saturated rings. The smallest absolute Gasteiger partial charge is 0.296 e. The molecule has 23 heteroatoms. The molecule has 0 unspecified atom stereocenters. The van der Waals surface area contributed by atoms with Crippen LogP contribution in [0.2, 0.25) is 10.0 Å². The quantitative estimate of drug-likeness (QED) is 0.0424. The number of phenolic OH excluding ortho intramolecular Hbond substituents is 1. The second kappa shape index (κ2) is 16.2. The van der Waals surface area contributed by atoms with Crippen molar-refractivity contribution < 1.29 is 44.0 Å². The molecule has 0 spiro atoms. The first kappa shape index (κ1) is 42.7. The molecule has 0 aliphatic carbocycles. The molecule has 0 bridgehead atoms. The van der Waals surface area contributed by atoms with Crippen molar-refractivity contribution in [2.24, 2.45) is 30.7 Å². The van der Waals surface area contributed by atoms with Crippen molar-refractivity contribution in [1.82, 2.24) is 0 Å². The van der Waals surface area contributed by atoms with Gasteiger partial charge in [-0.15, -0.1) is 20.5 Å². The van der Waals surface area contributed by atoms with E-state index in [1.807, 2.05) is 0 Å². The molecule has 7 aromatic carbocycles. The van der Waals surface area contributed by atoms with Crippen LogP contribution in [0.5, 0.6) is 5.75 Å². The van der Waals surface area contributed by atoms with Gasteiger partial charge in [-0.25, -0.2) is 0 Å². The van der Waals surface area contributed by atoms with Crippen LogP contribution in [-0.2, 0) is 30.4 Å². The highest BCUT2D eigenvalue weighted by Crippen LogP contribution is 2.48. The van der Waals surface area contributed by atoms with E-state index in [9.17, 15) is 44.0 Å². The number of benzene rings is 7. The first-order chi connectivity index (χ1) is 28.7. The Labute approximate surface area is 355 Å². The minimum atomic E-state index is -5.15. The normalized spacial score (nSPS) is 12.7. The molecule has 61 heavy (non-hydrogen) atoms. The van der Waals surface area contributed by atoms with E-state index in [1.165, 1.54) is 48.5 Å². The van der Waals surface area contributed by atoms with Crippen LogP contribution in [0.1, 0.15) is 0 Å². The van der Waals surface area contributed by atoms with E-state index >= 15 is 0 Å². The van der Waals surface area contributed by atoms with Crippen LogP contribution in [0.3, 0.4) is 0 Å².